The fraction of sp³-hybridized carbons (Fsp3) is 1.00. The lowest BCUT2D eigenvalue weighted by atomic mass is 9.83. The van der Waals surface area contributed by atoms with Gasteiger partial charge in [-0.2, -0.15) is 0 Å². The molecule has 0 aromatic heterocycles. The number of fused-ring (bicyclic) bond motifs is 2. The zero-order valence-electron chi connectivity index (χ0n) is 8.02. The van der Waals surface area contributed by atoms with Crippen LogP contribution in [0.5, 0.6) is 0 Å². The maximum Gasteiger partial charge on any atom is 0.00677 e. The predicted octanol–water partition coefficient (Wildman–Crippen LogP) is 4.22. The van der Waals surface area contributed by atoms with E-state index in [0.29, 0.717) is 0 Å². The summed E-state index contributed by atoms with van der Waals surface area (Å²) in [5.74, 6) is 4.15. The maximum absolute atomic E-state index is 3.61. The fourth-order valence-electron chi connectivity index (χ4n) is 3.26. The summed E-state index contributed by atoms with van der Waals surface area (Å²) in [5.41, 5.74) is 0. The first-order chi connectivity index (χ1) is 6.33. The highest BCUT2D eigenvalue weighted by molar-refractivity contribution is 9.09. The lowest BCUT2D eigenvalue weighted by Crippen LogP contribution is -2.16. The summed E-state index contributed by atoms with van der Waals surface area (Å²) in [7, 11) is 0. The van der Waals surface area contributed by atoms with Crippen molar-refractivity contribution in [2.24, 2.45) is 23.7 Å². The van der Waals surface area contributed by atoms with E-state index in [9.17, 15) is 0 Å². The molecule has 0 aromatic rings. The molecule has 0 nitrogen and oxygen atoms in total. The second kappa shape index (κ2) is 4.65. The Labute approximate surface area is 98.1 Å². The summed E-state index contributed by atoms with van der Waals surface area (Å²) < 4.78 is 0. The van der Waals surface area contributed by atoms with E-state index in [-0.39, 0.29) is 0 Å². The van der Waals surface area contributed by atoms with Crippen LogP contribution in [0.15, 0.2) is 0 Å². The Balaban J connectivity index is 1.82. The quantitative estimate of drug-likeness (QED) is 0.682. The summed E-state index contributed by atoms with van der Waals surface area (Å²) in [5, 5.41) is 2.35. The molecule has 76 valence electrons. The molecule has 0 heterocycles. The molecule has 13 heavy (non-hydrogen) atoms. The van der Waals surface area contributed by atoms with Crippen LogP contribution in [-0.4, -0.2) is 10.7 Å². The van der Waals surface area contributed by atoms with Crippen molar-refractivity contribution in [1.29, 1.82) is 0 Å². The van der Waals surface area contributed by atoms with Gasteiger partial charge in [0, 0.05) is 10.7 Å². The van der Waals surface area contributed by atoms with E-state index in [0.717, 1.165) is 23.7 Å². The van der Waals surface area contributed by atoms with Gasteiger partial charge in [0.25, 0.3) is 0 Å². The summed E-state index contributed by atoms with van der Waals surface area (Å²) in [6, 6.07) is 0. The van der Waals surface area contributed by atoms with E-state index in [1.54, 1.807) is 12.8 Å². The number of alkyl halides is 2. The molecule has 0 saturated heterocycles. The first kappa shape index (κ1) is 10.5. The molecule has 2 aliphatic rings. The molecule has 2 fully saturated rings. The molecule has 2 aliphatic carbocycles. The van der Waals surface area contributed by atoms with Crippen LogP contribution >= 0.6 is 31.9 Å². The van der Waals surface area contributed by atoms with Crippen molar-refractivity contribution < 1.29 is 0 Å². The largest absolute Gasteiger partial charge is 0.0925 e. The minimum atomic E-state index is 0.865. The van der Waals surface area contributed by atoms with Crippen LogP contribution in [0.25, 0.3) is 0 Å². The average Bonchev–Trinajstić information content (AvgIpc) is 2.75. The van der Waals surface area contributed by atoms with Gasteiger partial charge in [0.2, 0.25) is 0 Å². The number of hydrogen-bond donors (Lipinski definition) is 0. The third kappa shape index (κ3) is 2.31. The van der Waals surface area contributed by atoms with Crippen molar-refractivity contribution in [2.45, 2.75) is 32.1 Å². The van der Waals surface area contributed by atoms with Crippen LogP contribution in [0.4, 0.5) is 0 Å². The SMILES string of the molecule is BrCC(CBr)CC1CC2CCC1C2. The van der Waals surface area contributed by atoms with Crippen LogP contribution in [0.1, 0.15) is 32.1 Å². The van der Waals surface area contributed by atoms with Crippen molar-refractivity contribution in [3.63, 3.8) is 0 Å². The molecule has 2 saturated carbocycles. The molecule has 2 bridgehead atoms. The molecule has 0 amide bonds. The van der Waals surface area contributed by atoms with E-state index in [4.69, 9.17) is 0 Å². The topological polar surface area (TPSA) is 0 Å². The van der Waals surface area contributed by atoms with Crippen LogP contribution in [0, 0.1) is 23.7 Å². The summed E-state index contributed by atoms with van der Waals surface area (Å²) in [6.45, 7) is 0. The Hall–Kier alpha value is 0.960. The Morgan fingerprint density at radius 3 is 2.31 bits per heavy atom. The van der Waals surface area contributed by atoms with E-state index in [1.807, 2.05) is 0 Å². The van der Waals surface area contributed by atoms with Gasteiger partial charge < -0.3 is 0 Å². The molecule has 0 N–H and O–H groups in total. The molecule has 0 radical (unpaired) electrons. The van der Waals surface area contributed by atoms with Crippen molar-refractivity contribution in [3.8, 4) is 0 Å². The normalized spacial score (nSPS) is 37.6. The number of rotatable bonds is 4. The Morgan fingerprint density at radius 2 is 1.85 bits per heavy atom. The summed E-state index contributed by atoms with van der Waals surface area (Å²) in [4.78, 5) is 0. The summed E-state index contributed by atoms with van der Waals surface area (Å²) >= 11 is 7.21. The van der Waals surface area contributed by atoms with Gasteiger partial charge in [-0.3, -0.25) is 0 Å². The Kier molecular flexibility index (Phi) is 3.75. The standard InChI is InChI=1S/C11H18Br2/c12-6-9(7-13)5-11-4-8-1-2-10(11)3-8/h8-11H,1-7H2. The van der Waals surface area contributed by atoms with Crippen molar-refractivity contribution in [1.82, 2.24) is 0 Å². The average molecular weight is 310 g/mol. The lowest BCUT2D eigenvalue weighted by Gasteiger charge is -2.24. The van der Waals surface area contributed by atoms with Gasteiger partial charge in [0.15, 0.2) is 0 Å². The highest BCUT2D eigenvalue weighted by Gasteiger charge is 2.39. The van der Waals surface area contributed by atoms with Gasteiger partial charge in [-0.1, -0.05) is 38.3 Å². The Bertz CT molecular complexity index is 165. The summed E-state index contributed by atoms with van der Waals surface area (Å²) in [6.07, 6.45) is 7.63. The molecule has 2 heteroatoms. The van der Waals surface area contributed by atoms with Gasteiger partial charge in [-0.25, -0.2) is 0 Å². The second-order valence-corrected chi connectivity index (χ2v) is 6.14. The van der Waals surface area contributed by atoms with Crippen molar-refractivity contribution >= 4 is 31.9 Å². The highest BCUT2D eigenvalue weighted by atomic mass is 79.9. The first-order valence-electron chi connectivity index (χ1n) is 5.45. The van der Waals surface area contributed by atoms with Gasteiger partial charge >= 0.3 is 0 Å². The second-order valence-electron chi connectivity index (χ2n) is 4.85. The maximum atomic E-state index is 3.61. The van der Waals surface area contributed by atoms with Crippen molar-refractivity contribution in [2.75, 3.05) is 10.7 Å². The zero-order valence-corrected chi connectivity index (χ0v) is 11.2. The number of hydrogen-bond acceptors (Lipinski definition) is 0. The molecule has 0 aromatic carbocycles. The minimum absolute atomic E-state index is 0.865. The van der Waals surface area contributed by atoms with Gasteiger partial charge in [-0.05, 0) is 49.4 Å². The van der Waals surface area contributed by atoms with Crippen LogP contribution in [0.3, 0.4) is 0 Å². The smallest absolute Gasteiger partial charge is 0.00677 e. The van der Waals surface area contributed by atoms with E-state index >= 15 is 0 Å². The third-order valence-electron chi connectivity index (χ3n) is 3.96. The van der Waals surface area contributed by atoms with Gasteiger partial charge in [0.1, 0.15) is 0 Å². The van der Waals surface area contributed by atoms with Crippen LogP contribution in [0.2, 0.25) is 0 Å². The van der Waals surface area contributed by atoms with Crippen LogP contribution < -0.4 is 0 Å². The monoisotopic (exact) mass is 308 g/mol. The minimum Gasteiger partial charge on any atom is -0.0925 e. The molecule has 0 spiro atoms. The molecule has 0 aliphatic heterocycles. The van der Waals surface area contributed by atoms with E-state index in [1.165, 1.54) is 29.9 Å². The third-order valence-corrected chi connectivity index (χ3v) is 5.79. The lowest BCUT2D eigenvalue weighted by molar-refractivity contribution is 0.287. The molecular weight excluding hydrogens is 292 g/mol. The van der Waals surface area contributed by atoms with Gasteiger partial charge in [-0.15, -0.1) is 0 Å². The highest BCUT2D eigenvalue weighted by Crippen LogP contribution is 2.50. The molecule has 3 unspecified atom stereocenters. The first-order valence-corrected chi connectivity index (χ1v) is 7.69. The van der Waals surface area contributed by atoms with E-state index in [2.05, 4.69) is 31.9 Å². The fourth-order valence-corrected chi connectivity index (χ4v) is 4.86. The van der Waals surface area contributed by atoms with E-state index < -0.39 is 0 Å². The predicted molar refractivity (Wildman–Crippen MR) is 64.6 cm³/mol. The number of halogens is 2. The van der Waals surface area contributed by atoms with Crippen molar-refractivity contribution in [3.05, 3.63) is 0 Å². The molecule has 2 rings (SSSR count). The molecular formula is C11H18Br2. The Morgan fingerprint density at radius 1 is 1.08 bits per heavy atom. The molecule has 3 atom stereocenters. The zero-order chi connectivity index (χ0) is 9.26. The van der Waals surface area contributed by atoms with Crippen LogP contribution in [-0.2, 0) is 0 Å². The van der Waals surface area contributed by atoms with Gasteiger partial charge in [0.05, 0.1) is 0 Å².